The number of anilines is 1. The molecule has 0 aliphatic carbocycles. The van der Waals surface area contributed by atoms with Gasteiger partial charge in [0.05, 0.1) is 18.8 Å². The zero-order valence-electron chi connectivity index (χ0n) is 16.5. The van der Waals surface area contributed by atoms with Crippen molar-refractivity contribution in [1.82, 2.24) is 10.2 Å². The quantitative estimate of drug-likeness (QED) is 0.407. The number of halogens is 2. The highest BCUT2D eigenvalue weighted by molar-refractivity contribution is 9.10. The van der Waals surface area contributed by atoms with Gasteiger partial charge in [0, 0.05) is 21.3 Å². The van der Waals surface area contributed by atoms with Crippen LogP contribution in [0.15, 0.2) is 77.3 Å². The number of aromatic nitrogens is 2. The third-order valence-corrected chi connectivity index (χ3v) is 5.93. The minimum absolute atomic E-state index is 0.209. The molecule has 0 saturated heterocycles. The summed E-state index contributed by atoms with van der Waals surface area (Å²) in [7, 11) is 1.61. The molecule has 7 heteroatoms. The molecule has 0 radical (unpaired) electrons. The van der Waals surface area contributed by atoms with Crippen LogP contribution in [0.1, 0.15) is 27.7 Å². The van der Waals surface area contributed by atoms with Crippen LogP contribution in [0.5, 0.6) is 5.75 Å². The molecule has 31 heavy (non-hydrogen) atoms. The minimum atomic E-state index is -0.518. The lowest BCUT2D eigenvalue weighted by molar-refractivity contribution is 0.0988. The Kier molecular flexibility index (Phi) is 4.82. The molecule has 0 fully saturated rings. The Morgan fingerprint density at radius 3 is 2.48 bits per heavy atom. The van der Waals surface area contributed by atoms with Crippen LogP contribution >= 0.6 is 15.9 Å². The second kappa shape index (κ2) is 7.67. The average molecular weight is 478 g/mol. The number of methoxy groups -OCH3 is 1. The molecule has 5 nitrogen and oxygen atoms in total. The Balaban J connectivity index is 1.70. The maximum absolute atomic E-state index is 14.2. The van der Waals surface area contributed by atoms with Crippen LogP contribution in [0.3, 0.4) is 0 Å². The van der Waals surface area contributed by atoms with Gasteiger partial charge in [0.2, 0.25) is 0 Å². The highest BCUT2D eigenvalue weighted by atomic mass is 79.9. The highest BCUT2D eigenvalue weighted by Gasteiger charge is 2.43. The van der Waals surface area contributed by atoms with Crippen LogP contribution in [0, 0.1) is 5.82 Å². The van der Waals surface area contributed by atoms with Gasteiger partial charge in [-0.3, -0.25) is 14.8 Å². The molecule has 3 aromatic carbocycles. The van der Waals surface area contributed by atoms with Gasteiger partial charge >= 0.3 is 0 Å². The van der Waals surface area contributed by atoms with Gasteiger partial charge in [0.25, 0.3) is 5.91 Å². The topological polar surface area (TPSA) is 58.2 Å². The Hall–Kier alpha value is -3.45. The summed E-state index contributed by atoms with van der Waals surface area (Å²) in [5.41, 5.74) is 4.01. The monoisotopic (exact) mass is 477 g/mol. The molecule has 2 heterocycles. The van der Waals surface area contributed by atoms with E-state index in [0.717, 1.165) is 21.3 Å². The SMILES string of the molecule is COc1ccc(-c2n[nH]c3c2C(c2cccc(F)c2)N(c2ccc(Br)cc2)C3=O)cc1. The fourth-order valence-corrected chi connectivity index (χ4v) is 4.24. The molecule has 1 unspecified atom stereocenters. The fourth-order valence-electron chi connectivity index (χ4n) is 3.98. The van der Waals surface area contributed by atoms with Crippen molar-refractivity contribution in [3.8, 4) is 17.0 Å². The number of hydrogen-bond donors (Lipinski definition) is 1. The first-order valence-corrected chi connectivity index (χ1v) is 10.4. The van der Waals surface area contributed by atoms with Crippen LogP contribution < -0.4 is 9.64 Å². The summed E-state index contributed by atoms with van der Waals surface area (Å²) in [6.45, 7) is 0. The Morgan fingerprint density at radius 2 is 1.81 bits per heavy atom. The molecule has 154 valence electrons. The Bertz CT molecular complexity index is 1270. The van der Waals surface area contributed by atoms with E-state index in [-0.39, 0.29) is 11.7 Å². The third-order valence-electron chi connectivity index (χ3n) is 5.40. The van der Waals surface area contributed by atoms with E-state index >= 15 is 0 Å². The maximum Gasteiger partial charge on any atom is 0.277 e. The predicted molar refractivity (Wildman–Crippen MR) is 120 cm³/mol. The summed E-state index contributed by atoms with van der Waals surface area (Å²) in [5.74, 6) is 0.160. The van der Waals surface area contributed by atoms with Crippen molar-refractivity contribution in [3.05, 3.63) is 99.9 Å². The fraction of sp³-hybridized carbons (Fsp3) is 0.0833. The number of aromatic amines is 1. The predicted octanol–water partition coefficient (Wildman–Crippen LogP) is 5.74. The number of rotatable bonds is 4. The van der Waals surface area contributed by atoms with E-state index < -0.39 is 6.04 Å². The van der Waals surface area contributed by atoms with Gasteiger partial charge in [-0.25, -0.2) is 4.39 Å². The van der Waals surface area contributed by atoms with Gasteiger partial charge in [-0.15, -0.1) is 0 Å². The van der Waals surface area contributed by atoms with E-state index in [9.17, 15) is 9.18 Å². The van der Waals surface area contributed by atoms with E-state index in [1.807, 2.05) is 54.6 Å². The number of amides is 1. The zero-order chi connectivity index (χ0) is 21.5. The van der Waals surface area contributed by atoms with Crippen molar-refractivity contribution in [3.63, 3.8) is 0 Å². The van der Waals surface area contributed by atoms with Crippen molar-refractivity contribution < 1.29 is 13.9 Å². The van der Waals surface area contributed by atoms with E-state index in [2.05, 4.69) is 26.1 Å². The highest BCUT2D eigenvalue weighted by Crippen LogP contribution is 2.45. The number of H-pyrrole nitrogens is 1. The Labute approximate surface area is 186 Å². The molecule has 1 atom stereocenters. The van der Waals surface area contributed by atoms with Crippen molar-refractivity contribution in [2.75, 3.05) is 12.0 Å². The molecule has 1 amide bonds. The van der Waals surface area contributed by atoms with Gasteiger partial charge in [-0.1, -0.05) is 28.1 Å². The zero-order valence-corrected chi connectivity index (χ0v) is 18.1. The van der Waals surface area contributed by atoms with Gasteiger partial charge < -0.3 is 4.74 Å². The molecule has 1 aliphatic heterocycles. The first kappa shape index (κ1) is 19.5. The second-order valence-corrected chi connectivity index (χ2v) is 8.11. The number of hydrogen-bond acceptors (Lipinski definition) is 3. The molecule has 1 aromatic heterocycles. The number of nitrogens with one attached hydrogen (secondary N) is 1. The lowest BCUT2D eigenvalue weighted by atomic mass is 9.95. The molecule has 0 spiro atoms. The summed E-state index contributed by atoms with van der Waals surface area (Å²) < 4.78 is 20.3. The van der Waals surface area contributed by atoms with E-state index in [0.29, 0.717) is 22.6 Å². The Morgan fingerprint density at radius 1 is 1.06 bits per heavy atom. The molecule has 5 rings (SSSR count). The molecule has 4 aromatic rings. The van der Waals surface area contributed by atoms with Crippen molar-refractivity contribution in [1.29, 1.82) is 0 Å². The summed E-state index contributed by atoms with van der Waals surface area (Å²) in [4.78, 5) is 15.1. The molecule has 0 bridgehead atoms. The summed E-state index contributed by atoms with van der Waals surface area (Å²) in [6.07, 6.45) is 0. The van der Waals surface area contributed by atoms with Crippen molar-refractivity contribution in [2.24, 2.45) is 0 Å². The number of benzene rings is 3. The normalized spacial score (nSPS) is 15.3. The molecular weight excluding hydrogens is 461 g/mol. The summed E-state index contributed by atoms with van der Waals surface area (Å²) in [5, 5.41) is 7.35. The largest absolute Gasteiger partial charge is 0.497 e. The third kappa shape index (κ3) is 3.31. The van der Waals surface area contributed by atoms with Gasteiger partial charge in [-0.05, 0) is 66.2 Å². The number of carbonyl (C=O) groups excluding carboxylic acids is 1. The molecule has 1 aliphatic rings. The van der Waals surface area contributed by atoms with Crippen LogP contribution in [0.25, 0.3) is 11.3 Å². The lowest BCUT2D eigenvalue weighted by Gasteiger charge is -2.26. The van der Waals surface area contributed by atoms with Gasteiger partial charge in [0.15, 0.2) is 0 Å². The van der Waals surface area contributed by atoms with E-state index in [1.54, 1.807) is 18.1 Å². The number of ether oxygens (including phenoxy) is 1. The van der Waals surface area contributed by atoms with Crippen molar-refractivity contribution >= 4 is 27.5 Å². The number of fused-ring (bicyclic) bond motifs is 1. The average Bonchev–Trinajstić information content (AvgIpc) is 3.33. The second-order valence-electron chi connectivity index (χ2n) is 7.20. The van der Waals surface area contributed by atoms with Gasteiger partial charge in [0.1, 0.15) is 17.3 Å². The van der Waals surface area contributed by atoms with E-state index in [4.69, 9.17) is 4.74 Å². The molecule has 1 N–H and O–H groups in total. The van der Waals surface area contributed by atoms with Crippen LogP contribution in [-0.2, 0) is 0 Å². The molecule has 0 saturated carbocycles. The molecular formula is C24H17BrFN3O2. The lowest BCUT2D eigenvalue weighted by Crippen LogP contribution is -2.29. The first-order chi connectivity index (χ1) is 15.1. The smallest absolute Gasteiger partial charge is 0.277 e. The van der Waals surface area contributed by atoms with Crippen LogP contribution in [-0.4, -0.2) is 23.2 Å². The maximum atomic E-state index is 14.2. The van der Waals surface area contributed by atoms with Crippen LogP contribution in [0.2, 0.25) is 0 Å². The van der Waals surface area contributed by atoms with Gasteiger partial charge in [-0.2, -0.15) is 5.10 Å². The number of carbonyl (C=O) groups is 1. The van der Waals surface area contributed by atoms with Crippen molar-refractivity contribution in [2.45, 2.75) is 6.04 Å². The van der Waals surface area contributed by atoms with E-state index in [1.165, 1.54) is 12.1 Å². The first-order valence-electron chi connectivity index (χ1n) is 9.64. The standard InChI is InChI=1S/C24H17BrFN3O2/c1-31-19-11-5-14(6-12-19)21-20-22(28-27-21)24(30)29(18-9-7-16(25)8-10-18)23(20)15-3-2-4-17(26)13-15/h2-13,23H,1H3,(H,27,28). The minimum Gasteiger partial charge on any atom is -0.497 e. The summed E-state index contributed by atoms with van der Waals surface area (Å²) >= 11 is 3.43. The summed E-state index contributed by atoms with van der Waals surface area (Å²) in [6, 6.07) is 20.8. The number of nitrogens with zero attached hydrogens (tertiary/aromatic N) is 2. The van der Waals surface area contributed by atoms with Crippen LogP contribution in [0.4, 0.5) is 10.1 Å².